The zero-order valence-electron chi connectivity index (χ0n) is 14.3. The number of fused-ring (bicyclic) bond motifs is 1. The minimum absolute atomic E-state index is 0.0437. The Bertz CT molecular complexity index is 1300. The number of rotatable bonds is 2. The van der Waals surface area contributed by atoms with Gasteiger partial charge in [-0.3, -0.25) is 4.99 Å². The molecule has 3 heterocycles. The number of benzene rings is 2. The molecule has 1 aliphatic rings. The zero-order valence-corrected chi connectivity index (χ0v) is 14.3. The maximum Gasteiger partial charge on any atom is 0.331 e. The van der Waals surface area contributed by atoms with Gasteiger partial charge < -0.3 is 30.4 Å². The minimum Gasteiger partial charge on any atom is -0.508 e. The van der Waals surface area contributed by atoms with Crippen molar-refractivity contribution in [2.24, 2.45) is 4.99 Å². The van der Waals surface area contributed by atoms with Crippen molar-refractivity contribution in [2.45, 2.75) is 12.1 Å². The fourth-order valence-corrected chi connectivity index (χ4v) is 3.86. The van der Waals surface area contributed by atoms with Crippen LogP contribution in [0.15, 0.2) is 47.7 Å². The number of phenols is 2. The number of carboxylic acid groups (broad SMARTS) is 1. The van der Waals surface area contributed by atoms with Gasteiger partial charge in [0.25, 0.3) is 0 Å². The number of carboxylic acids is 1. The van der Waals surface area contributed by atoms with Crippen LogP contribution in [0.4, 0.5) is 0 Å². The molecule has 0 bridgehead atoms. The average Bonchev–Trinajstić information content (AvgIpc) is 3.23. The number of aliphatic imine (C=N–C) groups is 1. The molecule has 0 amide bonds. The van der Waals surface area contributed by atoms with Crippen molar-refractivity contribution in [3.05, 3.63) is 59.4 Å². The molecule has 0 aliphatic carbocycles. The molecule has 2 aromatic heterocycles. The summed E-state index contributed by atoms with van der Waals surface area (Å²) in [5.74, 6) is -1.32. The van der Waals surface area contributed by atoms with Crippen molar-refractivity contribution in [2.75, 3.05) is 0 Å². The quantitative estimate of drug-likeness (QED) is 0.318. The van der Waals surface area contributed by atoms with Gasteiger partial charge in [-0.2, -0.15) is 0 Å². The second kappa shape index (κ2) is 5.61. The third-order valence-corrected chi connectivity index (χ3v) is 5.15. The number of aromatic amines is 2. The SMILES string of the molecule is O=C(O)C1N=C(c2c[nH]c3ccc(O)cc23)c2c(O)ccc3[nH]cc(c23)C1O. The molecule has 4 aromatic rings. The molecule has 0 spiro atoms. The van der Waals surface area contributed by atoms with Crippen LogP contribution in [0.1, 0.15) is 22.8 Å². The molecule has 2 atom stereocenters. The van der Waals surface area contributed by atoms with Crippen molar-refractivity contribution in [3.8, 4) is 11.5 Å². The topological polar surface area (TPSA) is 142 Å². The Hall–Kier alpha value is -3.78. The van der Waals surface area contributed by atoms with Crippen LogP contribution in [0.2, 0.25) is 0 Å². The van der Waals surface area contributed by atoms with Crippen LogP contribution in [0, 0.1) is 0 Å². The number of aromatic nitrogens is 2. The summed E-state index contributed by atoms with van der Waals surface area (Å²) in [5.41, 5.74) is 2.79. The molecule has 0 saturated carbocycles. The highest BCUT2D eigenvalue weighted by Gasteiger charge is 2.35. The van der Waals surface area contributed by atoms with Gasteiger partial charge in [0.05, 0.1) is 11.3 Å². The van der Waals surface area contributed by atoms with E-state index in [1.165, 1.54) is 24.4 Å². The fraction of sp³-hybridized carbons (Fsp3) is 0.100. The fourth-order valence-electron chi connectivity index (χ4n) is 3.86. The van der Waals surface area contributed by atoms with Gasteiger partial charge in [0.1, 0.15) is 17.6 Å². The number of nitrogens with one attached hydrogen (secondary N) is 2. The lowest BCUT2D eigenvalue weighted by molar-refractivity contribution is -0.141. The predicted octanol–water partition coefficient (Wildman–Crippen LogP) is 2.40. The number of aliphatic hydroxyl groups is 1. The number of phenolic OH excluding ortho intramolecular Hbond substituents is 2. The Morgan fingerprint density at radius 3 is 2.57 bits per heavy atom. The number of hydrogen-bond acceptors (Lipinski definition) is 5. The van der Waals surface area contributed by atoms with Crippen LogP contribution in [-0.2, 0) is 4.79 Å². The summed E-state index contributed by atoms with van der Waals surface area (Å²) in [7, 11) is 0. The summed E-state index contributed by atoms with van der Waals surface area (Å²) in [6, 6.07) is 6.46. The van der Waals surface area contributed by atoms with Gasteiger partial charge >= 0.3 is 5.97 Å². The van der Waals surface area contributed by atoms with Gasteiger partial charge in [-0.05, 0) is 30.3 Å². The number of nitrogens with zero attached hydrogens (tertiary/aromatic N) is 1. The largest absolute Gasteiger partial charge is 0.508 e. The predicted molar refractivity (Wildman–Crippen MR) is 102 cm³/mol. The highest BCUT2D eigenvalue weighted by molar-refractivity contribution is 6.26. The molecule has 140 valence electrons. The maximum absolute atomic E-state index is 11.8. The molecule has 2 unspecified atom stereocenters. The van der Waals surface area contributed by atoms with E-state index in [9.17, 15) is 25.2 Å². The van der Waals surface area contributed by atoms with Crippen molar-refractivity contribution in [1.82, 2.24) is 9.97 Å². The second-order valence-corrected chi connectivity index (χ2v) is 6.76. The summed E-state index contributed by atoms with van der Waals surface area (Å²) >= 11 is 0. The molecule has 0 radical (unpaired) electrons. The first-order valence-corrected chi connectivity index (χ1v) is 8.58. The lowest BCUT2D eigenvalue weighted by Crippen LogP contribution is -2.26. The van der Waals surface area contributed by atoms with Crippen molar-refractivity contribution < 1.29 is 25.2 Å². The van der Waals surface area contributed by atoms with Gasteiger partial charge in [0, 0.05) is 45.3 Å². The van der Waals surface area contributed by atoms with Crippen LogP contribution in [0.5, 0.6) is 11.5 Å². The highest BCUT2D eigenvalue weighted by atomic mass is 16.4. The zero-order chi connectivity index (χ0) is 19.6. The standard InChI is InChI=1S/C20H15N3O5/c24-8-1-2-12-9(5-8)10(6-21-12)17-16-14(25)4-3-13-15(16)11(7-22-13)19(26)18(23-17)20(27)28/h1-7,18-19,21-22,24-26H,(H,27,28). The lowest BCUT2D eigenvalue weighted by atomic mass is 9.95. The summed E-state index contributed by atoms with van der Waals surface area (Å²) in [4.78, 5) is 22.3. The van der Waals surface area contributed by atoms with Crippen molar-refractivity contribution in [1.29, 1.82) is 0 Å². The van der Waals surface area contributed by atoms with E-state index in [-0.39, 0.29) is 17.2 Å². The van der Waals surface area contributed by atoms with E-state index in [2.05, 4.69) is 15.0 Å². The molecular weight excluding hydrogens is 362 g/mol. The number of aromatic hydroxyl groups is 2. The van der Waals surface area contributed by atoms with Gasteiger partial charge in [0.2, 0.25) is 0 Å². The Morgan fingerprint density at radius 2 is 1.79 bits per heavy atom. The van der Waals surface area contributed by atoms with E-state index in [0.29, 0.717) is 38.5 Å². The molecule has 2 aromatic carbocycles. The summed E-state index contributed by atoms with van der Waals surface area (Å²) < 4.78 is 0. The molecule has 6 N–H and O–H groups in total. The maximum atomic E-state index is 11.8. The summed E-state index contributed by atoms with van der Waals surface area (Å²) in [6.45, 7) is 0. The minimum atomic E-state index is -1.46. The Morgan fingerprint density at radius 1 is 1.04 bits per heavy atom. The Balaban J connectivity index is 1.91. The van der Waals surface area contributed by atoms with Gasteiger partial charge in [-0.25, -0.2) is 4.79 Å². The van der Waals surface area contributed by atoms with E-state index < -0.39 is 18.1 Å². The monoisotopic (exact) mass is 377 g/mol. The van der Waals surface area contributed by atoms with E-state index in [1.807, 2.05) is 0 Å². The molecule has 0 saturated heterocycles. The molecule has 8 heteroatoms. The van der Waals surface area contributed by atoms with Crippen LogP contribution in [0.25, 0.3) is 21.8 Å². The van der Waals surface area contributed by atoms with Crippen molar-refractivity contribution in [3.63, 3.8) is 0 Å². The molecule has 0 fully saturated rings. The third kappa shape index (κ3) is 2.15. The number of hydrogen-bond donors (Lipinski definition) is 6. The van der Waals surface area contributed by atoms with Crippen LogP contribution >= 0.6 is 0 Å². The number of aliphatic hydroxyl groups excluding tert-OH is 1. The lowest BCUT2D eigenvalue weighted by Gasteiger charge is -2.13. The first-order valence-electron chi connectivity index (χ1n) is 8.58. The summed E-state index contributed by atoms with van der Waals surface area (Å²) in [6.07, 6.45) is 1.79. The first-order chi connectivity index (χ1) is 13.5. The molecule has 8 nitrogen and oxygen atoms in total. The Labute approximate surface area is 157 Å². The first kappa shape index (κ1) is 16.4. The molecule has 1 aliphatic heterocycles. The van der Waals surface area contributed by atoms with Crippen molar-refractivity contribution >= 4 is 33.5 Å². The molecule has 5 rings (SSSR count). The smallest absolute Gasteiger partial charge is 0.331 e. The van der Waals surface area contributed by atoms with E-state index in [4.69, 9.17) is 0 Å². The van der Waals surface area contributed by atoms with Gasteiger partial charge in [-0.15, -0.1) is 0 Å². The van der Waals surface area contributed by atoms with E-state index in [1.54, 1.807) is 18.3 Å². The van der Waals surface area contributed by atoms with Crippen LogP contribution < -0.4 is 0 Å². The van der Waals surface area contributed by atoms with E-state index in [0.717, 1.165) is 0 Å². The number of carbonyl (C=O) groups is 1. The second-order valence-electron chi connectivity index (χ2n) is 6.76. The third-order valence-electron chi connectivity index (χ3n) is 5.15. The summed E-state index contributed by atoms with van der Waals surface area (Å²) in [5, 5.41) is 42.0. The average molecular weight is 377 g/mol. The van der Waals surface area contributed by atoms with E-state index >= 15 is 0 Å². The van der Waals surface area contributed by atoms with Gasteiger partial charge in [-0.1, -0.05) is 0 Å². The highest BCUT2D eigenvalue weighted by Crippen LogP contribution is 2.40. The normalized spacial score (nSPS) is 19.0. The Kier molecular flexibility index (Phi) is 3.28. The number of H-pyrrole nitrogens is 2. The van der Waals surface area contributed by atoms with Crippen LogP contribution in [-0.4, -0.2) is 48.1 Å². The van der Waals surface area contributed by atoms with Crippen LogP contribution in [0.3, 0.4) is 0 Å². The van der Waals surface area contributed by atoms with Gasteiger partial charge in [0.15, 0.2) is 6.04 Å². The number of aliphatic carboxylic acids is 1. The molecular formula is C20H15N3O5. The molecule has 28 heavy (non-hydrogen) atoms.